The Bertz CT molecular complexity index is 855. The maximum absolute atomic E-state index is 9.37. The predicted molar refractivity (Wildman–Crippen MR) is 86.0 cm³/mol. The van der Waals surface area contributed by atoms with Crippen LogP contribution in [0.5, 0.6) is 0 Å². The van der Waals surface area contributed by atoms with E-state index in [-0.39, 0.29) is 0 Å². The largest absolute Gasteiger partial charge is 0.337 e. The summed E-state index contributed by atoms with van der Waals surface area (Å²) < 4.78 is 0. The summed E-state index contributed by atoms with van der Waals surface area (Å²) in [7, 11) is 0. The van der Waals surface area contributed by atoms with Crippen LogP contribution in [0.25, 0.3) is 22.7 Å². The molecule has 0 aliphatic carbocycles. The number of aromatic nitrogens is 2. The Morgan fingerprint density at radius 1 is 1.14 bits per heavy atom. The molecule has 0 saturated carbocycles. The molecule has 0 aliphatic rings. The van der Waals surface area contributed by atoms with Crippen LogP contribution in [-0.4, -0.2) is 9.97 Å². The minimum Gasteiger partial charge on any atom is -0.337 e. The second-order valence-electron chi connectivity index (χ2n) is 4.42. The zero-order valence-corrected chi connectivity index (χ0v) is 12.3. The van der Waals surface area contributed by atoms with Crippen molar-refractivity contribution in [2.45, 2.75) is 0 Å². The lowest BCUT2D eigenvalue weighted by Gasteiger charge is -2.01. The van der Waals surface area contributed by atoms with Gasteiger partial charge in [-0.25, -0.2) is 4.98 Å². The monoisotopic (exact) mass is 313 g/mol. The number of aromatic amines is 1. The number of para-hydroxylation sites is 2. The van der Waals surface area contributed by atoms with Gasteiger partial charge in [0.2, 0.25) is 0 Å². The first-order valence-corrected chi connectivity index (χ1v) is 6.95. The highest BCUT2D eigenvalue weighted by atomic mass is 35.5. The van der Waals surface area contributed by atoms with Crippen molar-refractivity contribution in [2.24, 2.45) is 0 Å². The van der Waals surface area contributed by atoms with E-state index in [1.807, 2.05) is 24.3 Å². The normalized spacial score (nSPS) is 11.6. The molecule has 3 nitrogen and oxygen atoms in total. The average molecular weight is 314 g/mol. The van der Waals surface area contributed by atoms with E-state index in [1.54, 1.807) is 24.3 Å². The molecule has 0 unspecified atom stereocenters. The number of H-pyrrole nitrogens is 1. The van der Waals surface area contributed by atoms with Gasteiger partial charge in [-0.3, -0.25) is 0 Å². The predicted octanol–water partition coefficient (Wildman–Crippen LogP) is 4.93. The number of hydrogen-bond acceptors (Lipinski definition) is 2. The third kappa shape index (κ3) is 2.64. The molecule has 0 amide bonds. The molecular weight excluding hydrogens is 305 g/mol. The smallest absolute Gasteiger partial charge is 0.149 e. The van der Waals surface area contributed by atoms with Crippen LogP contribution in [-0.2, 0) is 0 Å². The number of nitrogens with zero attached hydrogens (tertiary/aromatic N) is 2. The molecule has 5 heteroatoms. The highest BCUT2D eigenvalue weighted by Gasteiger charge is 2.09. The van der Waals surface area contributed by atoms with Gasteiger partial charge in [0.15, 0.2) is 0 Å². The van der Waals surface area contributed by atoms with E-state index in [4.69, 9.17) is 23.2 Å². The van der Waals surface area contributed by atoms with Crippen molar-refractivity contribution >= 4 is 45.9 Å². The number of allylic oxidation sites excluding steroid dienone is 1. The Balaban J connectivity index is 2.11. The number of fused-ring (bicyclic) bond motifs is 1. The number of rotatable bonds is 2. The number of imidazole rings is 1. The Hall–Kier alpha value is -2.28. The van der Waals surface area contributed by atoms with Crippen LogP contribution in [0.2, 0.25) is 10.0 Å². The standard InChI is InChI=1S/C16H9Cl2N3/c17-12-5-3-4-10(15(12)18)8-11(9-19)16-20-13-6-1-2-7-14(13)21-16/h1-8H,(H,20,21)/b11-8-. The molecule has 0 spiro atoms. The van der Waals surface area contributed by atoms with Crippen LogP contribution in [0.3, 0.4) is 0 Å². The summed E-state index contributed by atoms with van der Waals surface area (Å²) in [5, 5.41) is 10.2. The van der Waals surface area contributed by atoms with Gasteiger partial charge in [-0.15, -0.1) is 0 Å². The molecule has 0 radical (unpaired) electrons. The van der Waals surface area contributed by atoms with Crippen molar-refractivity contribution < 1.29 is 0 Å². The lowest BCUT2D eigenvalue weighted by Crippen LogP contribution is -1.86. The minimum absolute atomic E-state index is 0.398. The van der Waals surface area contributed by atoms with Crippen molar-refractivity contribution in [2.75, 3.05) is 0 Å². The van der Waals surface area contributed by atoms with E-state index in [1.165, 1.54) is 0 Å². The van der Waals surface area contributed by atoms with Gasteiger partial charge < -0.3 is 4.98 Å². The molecular formula is C16H9Cl2N3. The topological polar surface area (TPSA) is 52.5 Å². The quantitative estimate of drug-likeness (QED) is 0.682. The minimum atomic E-state index is 0.398. The lowest BCUT2D eigenvalue weighted by atomic mass is 10.1. The molecule has 102 valence electrons. The first kappa shape index (κ1) is 13.7. The van der Waals surface area contributed by atoms with E-state index in [9.17, 15) is 5.26 Å². The second kappa shape index (κ2) is 5.61. The molecule has 1 aromatic heterocycles. The van der Waals surface area contributed by atoms with E-state index >= 15 is 0 Å². The average Bonchev–Trinajstić information content (AvgIpc) is 2.92. The number of halogens is 2. The molecule has 0 atom stereocenters. The molecule has 0 bridgehead atoms. The number of benzene rings is 2. The SMILES string of the molecule is N#C/C(=C/c1cccc(Cl)c1Cl)c1nc2ccccc2[nH]1. The third-order valence-electron chi connectivity index (χ3n) is 3.05. The van der Waals surface area contributed by atoms with Crippen LogP contribution < -0.4 is 0 Å². The van der Waals surface area contributed by atoms with Gasteiger partial charge in [-0.2, -0.15) is 5.26 Å². The molecule has 3 aromatic rings. The molecule has 0 saturated heterocycles. The summed E-state index contributed by atoms with van der Waals surface area (Å²) >= 11 is 12.1. The van der Waals surface area contributed by atoms with Crippen molar-refractivity contribution in [3.63, 3.8) is 0 Å². The fraction of sp³-hybridized carbons (Fsp3) is 0. The van der Waals surface area contributed by atoms with Gasteiger partial charge in [0, 0.05) is 0 Å². The van der Waals surface area contributed by atoms with Crippen molar-refractivity contribution in [3.8, 4) is 6.07 Å². The third-order valence-corrected chi connectivity index (χ3v) is 3.88. The molecule has 0 aliphatic heterocycles. The summed E-state index contributed by atoms with van der Waals surface area (Å²) in [5.41, 5.74) is 2.77. The van der Waals surface area contributed by atoms with Crippen molar-refractivity contribution in [1.29, 1.82) is 5.26 Å². The van der Waals surface area contributed by atoms with Gasteiger partial charge in [0.1, 0.15) is 11.9 Å². The molecule has 1 heterocycles. The first-order valence-electron chi connectivity index (χ1n) is 6.20. The van der Waals surface area contributed by atoms with Crippen LogP contribution >= 0.6 is 23.2 Å². The summed E-state index contributed by atoms with van der Waals surface area (Å²) in [6.45, 7) is 0. The maximum atomic E-state index is 9.37. The van der Waals surface area contributed by atoms with Crippen LogP contribution in [0.1, 0.15) is 11.4 Å². The van der Waals surface area contributed by atoms with Gasteiger partial charge in [0.25, 0.3) is 0 Å². The highest BCUT2D eigenvalue weighted by molar-refractivity contribution is 6.43. The number of hydrogen-bond donors (Lipinski definition) is 1. The molecule has 3 rings (SSSR count). The number of nitrogens with one attached hydrogen (secondary N) is 1. The van der Waals surface area contributed by atoms with Gasteiger partial charge >= 0.3 is 0 Å². The van der Waals surface area contributed by atoms with E-state index in [2.05, 4.69) is 16.0 Å². The van der Waals surface area contributed by atoms with Crippen molar-refractivity contribution in [3.05, 3.63) is 63.9 Å². The van der Waals surface area contributed by atoms with Crippen molar-refractivity contribution in [1.82, 2.24) is 9.97 Å². The maximum Gasteiger partial charge on any atom is 0.149 e. The zero-order chi connectivity index (χ0) is 14.8. The van der Waals surface area contributed by atoms with Crippen LogP contribution in [0.4, 0.5) is 0 Å². The van der Waals surface area contributed by atoms with Crippen LogP contribution in [0.15, 0.2) is 42.5 Å². The van der Waals surface area contributed by atoms with E-state index in [0.717, 1.165) is 11.0 Å². The fourth-order valence-corrected chi connectivity index (χ4v) is 2.38. The molecule has 0 fully saturated rings. The fourth-order valence-electron chi connectivity index (χ4n) is 2.02. The zero-order valence-electron chi connectivity index (χ0n) is 10.8. The lowest BCUT2D eigenvalue weighted by molar-refractivity contribution is 1.27. The van der Waals surface area contributed by atoms with Crippen LogP contribution in [0, 0.1) is 11.3 Å². The summed E-state index contributed by atoms with van der Waals surface area (Å²) in [6.07, 6.45) is 1.67. The Kier molecular flexibility index (Phi) is 3.66. The van der Waals surface area contributed by atoms with Gasteiger partial charge in [-0.05, 0) is 29.8 Å². The first-order chi connectivity index (χ1) is 10.2. The summed E-state index contributed by atoms with van der Waals surface area (Å²) in [6, 6.07) is 15.0. The molecule has 1 N–H and O–H groups in total. The van der Waals surface area contributed by atoms with E-state index < -0.39 is 0 Å². The Morgan fingerprint density at radius 2 is 1.95 bits per heavy atom. The molecule has 21 heavy (non-hydrogen) atoms. The Morgan fingerprint density at radius 3 is 2.71 bits per heavy atom. The second-order valence-corrected chi connectivity index (χ2v) is 5.20. The van der Waals surface area contributed by atoms with Gasteiger partial charge in [0.05, 0.1) is 26.7 Å². The number of nitriles is 1. The Labute approximate surface area is 131 Å². The highest BCUT2D eigenvalue weighted by Crippen LogP contribution is 2.28. The summed E-state index contributed by atoms with van der Waals surface area (Å²) in [4.78, 5) is 7.53. The van der Waals surface area contributed by atoms with Gasteiger partial charge in [-0.1, -0.05) is 47.5 Å². The molecule has 2 aromatic carbocycles. The summed E-state index contributed by atoms with van der Waals surface area (Å²) in [5.74, 6) is 0.509. The van der Waals surface area contributed by atoms with E-state index in [0.29, 0.717) is 27.0 Å².